The Kier molecular flexibility index (Phi) is 3.31. The SMILES string of the molecule is Brc1ccc(Cn2c3ccccc3c3nnc4ccccc4c32)cc1. The minimum atomic E-state index is 0.799. The predicted molar refractivity (Wildman–Crippen MR) is 106 cm³/mol. The van der Waals surface area contributed by atoms with Crippen LogP contribution in [0.3, 0.4) is 0 Å². The Morgan fingerprint density at radius 1 is 0.760 bits per heavy atom. The Bertz CT molecular complexity index is 1220. The van der Waals surface area contributed by atoms with Crippen LogP contribution in [0.15, 0.2) is 77.3 Å². The van der Waals surface area contributed by atoms with Crippen molar-refractivity contribution in [3.8, 4) is 0 Å². The van der Waals surface area contributed by atoms with Crippen molar-refractivity contribution >= 4 is 48.8 Å². The third-order valence-corrected chi connectivity index (χ3v) is 5.14. The molecule has 5 aromatic rings. The Labute approximate surface area is 153 Å². The van der Waals surface area contributed by atoms with Crippen molar-refractivity contribution in [3.05, 3.63) is 82.8 Å². The van der Waals surface area contributed by atoms with Crippen LogP contribution in [0.25, 0.3) is 32.8 Å². The first kappa shape index (κ1) is 14.6. The van der Waals surface area contributed by atoms with E-state index in [4.69, 9.17) is 0 Å². The molecule has 0 radical (unpaired) electrons. The van der Waals surface area contributed by atoms with E-state index in [0.29, 0.717) is 0 Å². The van der Waals surface area contributed by atoms with Crippen LogP contribution in [0.5, 0.6) is 0 Å². The molecule has 25 heavy (non-hydrogen) atoms. The maximum atomic E-state index is 4.54. The fraction of sp³-hybridized carbons (Fsp3) is 0.0476. The van der Waals surface area contributed by atoms with E-state index in [2.05, 4.69) is 91.4 Å². The molecule has 120 valence electrons. The molecule has 0 aliphatic rings. The summed E-state index contributed by atoms with van der Waals surface area (Å²) < 4.78 is 3.44. The number of nitrogens with zero attached hydrogens (tertiary/aromatic N) is 3. The van der Waals surface area contributed by atoms with Gasteiger partial charge in [0.15, 0.2) is 0 Å². The topological polar surface area (TPSA) is 30.7 Å². The molecule has 0 amide bonds. The number of halogens is 1. The van der Waals surface area contributed by atoms with Gasteiger partial charge in [-0.05, 0) is 29.8 Å². The van der Waals surface area contributed by atoms with E-state index < -0.39 is 0 Å². The number of rotatable bonds is 2. The second-order valence-corrected chi connectivity index (χ2v) is 7.06. The average Bonchev–Trinajstić information content (AvgIpc) is 2.98. The third kappa shape index (κ3) is 2.33. The van der Waals surface area contributed by atoms with Crippen molar-refractivity contribution in [2.45, 2.75) is 6.54 Å². The number of hydrogen-bond acceptors (Lipinski definition) is 2. The molecule has 4 heteroatoms. The molecule has 2 heterocycles. The highest BCUT2D eigenvalue weighted by Gasteiger charge is 2.15. The van der Waals surface area contributed by atoms with E-state index in [1.807, 2.05) is 12.1 Å². The Morgan fingerprint density at radius 3 is 2.32 bits per heavy atom. The largest absolute Gasteiger partial charge is 0.334 e. The molecule has 0 spiro atoms. The monoisotopic (exact) mass is 387 g/mol. The standard InChI is InChI=1S/C21H14BrN3/c22-15-11-9-14(10-12-15)13-25-19-8-4-2-6-17(19)20-21(25)16-5-1-3-7-18(16)23-24-20/h1-12H,13H2. The molecule has 0 N–H and O–H groups in total. The molecule has 0 atom stereocenters. The number of benzene rings is 3. The van der Waals surface area contributed by atoms with Gasteiger partial charge >= 0.3 is 0 Å². The first-order chi connectivity index (χ1) is 12.3. The van der Waals surface area contributed by atoms with E-state index in [1.165, 1.54) is 11.1 Å². The van der Waals surface area contributed by atoms with Gasteiger partial charge < -0.3 is 4.57 Å². The van der Waals surface area contributed by atoms with Gasteiger partial charge in [0.05, 0.1) is 16.6 Å². The predicted octanol–water partition coefficient (Wildman–Crippen LogP) is 5.55. The molecule has 0 aliphatic carbocycles. The zero-order valence-electron chi connectivity index (χ0n) is 13.4. The van der Waals surface area contributed by atoms with Crippen LogP contribution in [-0.4, -0.2) is 14.8 Å². The highest BCUT2D eigenvalue weighted by Crippen LogP contribution is 2.32. The summed E-state index contributed by atoms with van der Waals surface area (Å²) in [5, 5.41) is 11.2. The lowest BCUT2D eigenvalue weighted by atomic mass is 10.2. The van der Waals surface area contributed by atoms with E-state index >= 15 is 0 Å². The van der Waals surface area contributed by atoms with Crippen LogP contribution >= 0.6 is 15.9 Å². The molecule has 0 unspecified atom stereocenters. The third-order valence-electron chi connectivity index (χ3n) is 4.62. The minimum absolute atomic E-state index is 0.799. The van der Waals surface area contributed by atoms with Crippen molar-refractivity contribution < 1.29 is 0 Å². The fourth-order valence-electron chi connectivity index (χ4n) is 3.46. The lowest BCUT2D eigenvalue weighted by Crippen LogP contribution is -2.00. The van der Waals surface area contributed by atoms with Crippen molar-refractivity contribution in [1.82, 2.24) is 14.8 Å². The van der Waals surface area contributed by atoms with Crippen LogP contribution in [0, 0.1) is 0 Å². The van der Waals surface area contributed by atoms with Crippen LogP contribution in [-0.2, 0) is 6.54 Å². The Balaban J connectivity index is 1.87. The second-order valence-electron chi connectivity index (χ2n) is 6.14. The van der Waals surface area contributed by atoms with Gasteiger partial charge in [-0.25, -0.2) is 0 Å². The summed E-state index contributed by atoms with van der Waals surface area (Å²) in [5.41, 5.74) is 5.48. The van der Waals surface area contributed by atoms with E-state index in [9.17, 15) is 0 Å². The van der Waals surface area contributed by atoms with Crippen LogP contribution < -0.4 is 0 Å². The molecule has 3 aromatic carbocycles. The van der Waals surface area contributed by atoms with E-state index in [-0.39, 0.29) is 0 Å². The molecule has 0 saturated carbocycles. The maximum Gasteiger partial charge on any atom is 0.119 e. The molecular weight excluding hydrogens is 374 g/mol. The maximum absolute atomic E-state index is 4.54. The van der Waals surface area contributed by atoms with Crippen molar-refractivity contribution in [2.24, 2.45) is 0 Å². The summed E-state index contributed by atoms with van der Waals surface area (Å²) in [6.45, 7) is 0.799. The lowest BCUT2D eigenvalue weighted by molar-refractivity contribution is 0.869. The summed E-state index contributed by atoms with van der Waals surface area (Å²) >= 11 is 3.51. The van der Waals surface area contributed by atoms with Gasteiger partial charge in [-0.1, -0.05) is 64.5 Å². The van der Waals surface area contributed by atoms with E-state index in [1.54, 1.807) is 0 Å². The fourth-order valence-corrected chi connectivity index (χ4v) is 3.73. The van der Waals surface area contributed by atoms with Crippen LogP contribution in [0.2, 0.25) is 0 Å². The Hall–Kier alpha value is -2.72. The second kappa shape index (κ2) is 5.67. The lowest BCUT2D eigenvalue weighted by Gasteiger charge is -2.09. The summed E-state index contributed by atoms with van der Waals surface area (Å²) in [6.07, 6.45) is 0. The van der Waals surface area contributed by atoms with Gasteiger partial charge in [-0.15, -0.1) is 10.2 Å². The number of aromatic nitrogens is 3. The van der Waals surface area contributed by atoms with Crippen molar-refractivity contribution in [2.75, 3.05) is 0 Å². The summed E-state index contributed by atoms with van der Waals surface area (Å²) in [7, 11) is 0. The molecule has 0 fully saturated rings. The molecule has 2 aromatic heterocycles. The smallest absolute Gasteiger partial charge is 0.119 e. The van der Waals surface area contributed by atoms with Crippen LogP contribution in [0.4, 0.5) is 0 Å². The summed E-state index contributed by atoms with van der Waals surface area (Å²) in [5.74, 6) is 0. The summed E-state index contributed by atoms with van der Waals surface area (Å²) in [6, 6.07) is 25.1. The first-order valence-electron chi connectivity index (χ1n) is 8.18. The van der Waals surface area contributed by atoms with Crippen molar-refractivity contribution in [3.63, 3.8) is 0 Å². The zero-order valence-corrected chi connectivity index (χ0v) is 14.9. The highest BCUT2D eigenvalue weighted by atomic mass is 79.9. The van der Waals surface area contributed by atoms with Gasteiger partial charge in [0.25, 0.3) is 0 Å². The number of hydrogen-bond donors (Lipinski definition) is 0. The zero-order chi connectivity index (χ0) is 16.8. The summed E-state index contributed by atoms with van der Waals surface area (Å²) in [4.78, 5) is 0. The number of fused-ring (bicyclic) bond motifs is 5. The minimum Gasteiger partial charge on any atom is -0.334 e. The molecule has 0 aliphatic heterocycles. The normalized spacial score (nSPS) is 11.6. The van der Waals surface area contributed by atoms with Crippen molar-refractivity contribution in [1.29, 1.82) is 0 Å². The Morgan fingerprint density at radius 2 is 1.48 bits per heavy atom. The molecule has 5 rings (SSSR count). The highest BCUT2D eigenvalue weighted by molar-refractivity contribution is 9.10. The number of para-hydroxylation sites is 1. The van der Waals surface area contributed by atoms with Gasteiger partial charge in [-0.2, -0.15) is 0 Å². The van der Waals surface area contributed by atoms with Crippen LogP contribution in [0.1, 0.15) is 5.56 Å². The first-order valence-corrected chi connectivity index (χ1v) is 8.97. The molecular formula is C21H14BrN3. The van der Waals surface area contributed by atoms with E-state index in [0.717, 1.165) is 38.3 Å². The molecule has 0 bridgehead atoms. The van der Waals surface area contributed by atoms with Gasteiger partial charge in [0, 0.05) is 21.8 Å². The molecule has 3 nitrogen and oxygen atoms in total. The molecule has 0 saturated heterocycles. The quantitative estimate of drug-likeness (QED) is 0.397. The van der Waals surface area contributed by atoms with Gasteiger partial charge in [-0.3, -0.25) is 0 Å². The average molecular weight is 388 g/mol. The van der Waals surface area contributed by atoms with Gasteiger partial charge in [0.1, 0.15) is 5.52 Å². The van der Waals surface area contributed by atoms with Gasteiger partial charge in [0.2, 0.25) is 0 Å².